The predicted molar refractivity (Wildman–Crippen MR) is 100 cm³/mol. The number of amides is 1. The first-order valence-electron chi connectivity index (χ1n) is 7.96. The van der Waals surface area contributed by atoms with Gasteiger partial charge in [0.25, 0.3) is 0 Å². The predicted octanol–water partition coefficient (Wildman–Crippen LogP) is 4.09. The summed E-state index contributed by atoms with van der Waals surface area (Å²) in [5, 5.41) is 5.76. The first-order valence-corrected chi connectivity index (χ1v) is 8.84. The van der Waals surface area contributed by atoms with Crippen LogP contribution in [-0.2, 0) is 11.2 Å². The molecule has 0 aliphatic carbocycles. The number of aryl methyl sites for hydroxylation is 2. The highest BCUT2D eigenvalue weighted by Crippen LogP contribution is 2.26. The van der Waals surface area contributed by atoms with Crippen molar-refractivity contribution in [3.8, 4) is 16.5 Å². The Hall–Kier alpha value is -2.73. The number of nitrogens with zero attached hydrogens (tertiary/aromatic N) is 2. The molecule has 1 aromatic carbocycles. The van der Waals surface area contributed by atoms with Crippen LogP contribution in [0.15, 0.2) is 48.0 Å². The molecule has 0 atom stereocenters. The largest absolute Gasteiger partial charge is 0.495 e. The number of ether oxygens (including phenoxy) is 1. The molecule has 1 N–H and O–H groups in total. The number of hydrogen-bond donors (Lipinski definition) is 1. The van der Waals surface area contributed by atoms with Gasteiger partial charge < -0.3 is 10.1 Å². The quantitative estimate of drug-likeness (QED) is 0.725. The van der Waals surface area contributed by atoms with E-state index in [2.05, 4.69) is 15.3 Å². The molecular weight excluding hydrogens is 334 g/mol. The maximum absolute atomic E-state index is 12.2. The standard InChI is InChI=1S/C19H19N3O2S/c1-13-6-8-17(24-2)16(11-13)22-18(23)9-7-14-12-25-19(21-14)15-5-3-4-10-20-15/h3-6,8,10-12H,7,9H2,1-2H3,(H,22,23). The van der Waals surface area contributed by atoms with Crippen LogP contribution in [-0.4, -0.2) is 23.0 Å². The number of carbonyl (C=O) groups excluding carboxylic acids is 1. The van der Waals surface area contributed by atoms with Crippen molar-refractivity contribution in [3.05, 3.63) is 59.2 Å². The van der Waals surface area contributed by atoms with Gasteiger partial charge in [0.1, 0.15) is 10.8 Å². The molecule has 0 saturated carbocycles. The fourth-order valence-corrected chi connectivity index (χ4v) is 3.23. The number of pyridine rings is 1. The van der Waals surface area contributed by atoms with Crippen molar-refractivity contribution in [2.24, 2.45) is 0 Å². The number of aromatic nitrogens is 2. The molecule has 5 nitrogen and oxygen atoms in total. The molecule has 3 aromatic rings. The number of thiazole rings is 1. The lowest BCUT2D eigenvalue weighted by Gasteiger charge is -2.10. The summed E-state index contributed by atoms with van der Waals surface area (Å²) in [6, 6.07) is 11.4. The molecule has 2 heterocycles. The van der Waals surface area contributed by atoms with Gasteiger partial charge in [0.05, 0.1) is 24.2 Å². The van der Waals surface area contributed by atoms with E-state index in [1.807, 2.05) is 48.7 Å². The highest BCUT2D eigenvalue weighted by atomic mass is 32.1. The van der Waals surface area contributed by atoms with Crippen LogP contribution in [0.5, 0.6) is 5.75 Å². The Morgan fingerprint density at radius 1 is 1.28 bits per heavy atom. The number of nitrogens with one attached hydrogen (secondary N) is 1. The monoisotopic (exact) mass is 353 g/mol. The Morgan fingerprint density at radius 2 is 2.16 bits per heavy atom. The molecule has 128 valence electrons. The van der Waals surface area contributed by atoms with E-state index in [4.69, 9.17) is 4.74 Å². The zero-order valence-corrected chi connectivity index (χ0v) is 15.0. The van der Waals surface area contributed by atoms with Gasteiger partial charge in [-0.25, -0.2) is 4.98 Å². The summed E-state index contributed by atoms with van der Waals surface area (Å²) in [6.45, 7) is 1.98. The van der Waals surface area contributed by atoms with Crippen LogP contribution in [0.25, 0.3) is 10.7 Å². The van der Waals surface area contributed by atoms with Crippen molar-refractivity contribution in [1.82, 2.24) is 9.97 Å². The van der Waals surface area contributed by atoms with Crippen molar-refractivity contribution in [1.29, 1.82) is 0 Å². The van der Waals surface area contributed by atoms with Crippen molar-refractivity contribution < 1.29 is 9.53 Å². The molecule has 0 saturated heterocycles. The lowest BCUT2D eigenvalue weighted by atomic mass is 10.2. The van der Waals surface area contributed by atoms with Gasteiger partial charge in [0.15, 0.2) is 0 Å². The van der Waals surface area contributed by atoms with E-state index in [1.54, 1.807) is 24.6 Å². The van der Waals surface area contributed by atoms with Gasteiger partial charge in [0, 0.05) is 18.0 Å². The van der Waals surface area contributed by atoms with Crippen LogP contribution in [0.1, 0.15) is 17.7 Å². The Kier molecular flexibility index (Phi) is 5.40. The molecular formula is C19H19N3O2S. The summed E-state index contributed by atoms with van der Waals surface area (Å²) in [5.74, 6) is 0.598. The second-order valence-corrected chi connectivity index (χ2v) is 6.47. The highest BCUT2D eigenvalue weighted by molar-refractivity contribution is 7.13. The number of anilines is 1. The van der Waals surface area contributed by atoms with Gasteiger partial charge in [-0.3, -0.25) is 9.78 Å². The van der Waals surface area contributed by atoms with E-state index in [9.17, 15) is 4.79 Å². The molecule has 25 heavy (non-hydrogen) atoms. The molecule has 0 aliphatic rings. The van der Waals surface area contributed by atoms with Gasteiger partial charge in [-0.1, -0.05) is 12.1 Å². The van der Waals surface area contributed by atoms with E-state index >= 15 is 0 Å². The van der Waals surface area contributed by atoms with E-state index in [-0.39, 0.29) is 5.91 Å². The maximum atomic E-state index is 12.2. The topological polar surface area (TPSA) is 64.1 Å². The fraction of sp³-hybridized carbons (Fsp3) is 0.211. The van der Waals surface area contributed by atoms with Crippen molar-refractivity contribution in [2.45, 2.75) is 19.8 Å². The van der Waals surface area contributed by atoms with Gasteiger partial charge in [-0.2, -0.15) is 0 Å². The van der Waals surface area contributed by atoms with E-state index in [1.165, 1.54) is 0 Å². The Bertz CT molecular complexity index is 862. The molecule has 0 fully saturated rings. The van der Waals surface area contributed by atoms with Gasteiger partial charge >= 0.3 is 0 Å². The second kappa shape index (κ2) is 7.90. The summed E-state index contributed by atoms with van der Waals surface area (Å²) < 4.78 is 5.28. The van der Waals surface area contributed by atoms with E-state index in [0.29, 0.717) is 24.3 Å². The lowest BCUT2D eigenvalue weighted by molar-refractivity contribution is -0.116. The van der Waals surface area contributed by atoms with Crippen LogP contribution in [0.4, 0.5) is 5.69 Å². The van der Waals surface area contributed by atoms with Gasteiger partial charge in [-0.15, -0.1) is 11.3 Å². The molecule has 0 bridgehead atoms. The molecule has 0 aliphatic heterocycles. The average molecular weight is 353 g/mol. The van der Waals surface area contributed by atoms with Gasteiger partial charge in [0.2, 0.25) is 5.91 Å². The molecule has 0 radical (unpaired) electrons. The lowest BCUT2D eigenvalue weighted by Crippen LogP contribution is -2.13. The molecule has 1 amide bonds. The third kappa shape index (κ3) is 4.42. The van der Waals surface area contributed by atoms with Crippen molar-refractivity contribution >= 4 is 22.9 Å². The molecule has 3 rings (SSSR count). The van der Waals surface area contributed by atoms with E-state index < -0.39 is 0 Å². The average Bonchev–Trinajstić information content (AvgIpc) is 3.10. The number of benzene rings is 1. The minimum absolute atomic E-state index is 0.0590. The summed E-state index contributed by atoms with van der Waals surface area (Å²) in [6.07, 6.45) is 2.70. The smallest absolute Gasteiger partial charge is 0.224 e. The SMILES string of the molecule is COc1ccc(C)cc1NC(=O)CCc1csc(-c2ccccn2)n1. The number of rotatable bonds is 6. The number of hydrogen-bond acceptors (Lipinski definition) is 5. The molecule has 6 heteroatoms. The number of methoxy groups -OCH3 is 1. The van der Waals surface area contributed by atoms with Crippen LogP contribution in [0, 0.1) is 6.92 Å². The molecule has 2 aromatic heterocycles. The second-order valence-electron chi connectivity index (χ2n) is 5.61. The van der Waals surface area contributed by atoms with Crippen LogP contribution < -0.4 is 10.1 Å². The minimum Gasteiger partial charge on any atom is -0.495 e. The summed E-state index contributed by atoms with van der Waals surface area (Å²) in [7, 11) is 1.59. The Labute approximate surface area is 150 Å². The summed E-state index contributed by atoms with van der Waals surface area (Å²) in [4.78, 5) is 21.1. The Morgan fingerprint density at radius 3 is 2.92 bits per heavy atom. The van der Waals surface area contributed by atoms with Crippen molar-refractivity contribution in [2.75, 3.05) is 12.4 Å². The molecule has 0 unspecified atom stereocenters. The first kappa shape index (κ1) is 17.1. The van der Waals surface area contributed by atoms with E-state index in [0.717, 1.165) is 22.0 Å². The van der Waals surface area contributed by atoms with Crippen LogP contribution in [0.3, 0.4) is 0 Å². The van der Waals surface area contributed by atoms with Crippen LogP contribution >= 0.6 is 11.3 Å². The summed E-state index contributed by atoms with van der Waals surface area (Å²) >= 11 is 1.54. The third-order valence-corrected chi connectivity index (χ3v) is 4.59. The Balaban J connectivity index is 1.60. The van der Waals surface area contributed by atoms with Crippen LogP contribution in [0.2, 0.25) is 0 Å². The summed E-state index contributed by atoms with van der Waals surface area (Å²) in [5.41, 5.74) is 3.51. The minimum atomic E-state index is -0.0590. The van der Waals surface area contributed by atoms with Gasteiger partial charge in [-0.05, 0) is 43.2 Å². The van der Waals surface area contributed by atoms with Crippen molar-refractivity contribution in [3.63, 3.8) is 0 Å². The first-order chi connectivity index (χ1) is 12.2. The highest BCUT2D eigenvalue weighted by Gasteiger charge is 2.10. The zero-order valence-electron chi connectivity index (χ0n) is 14.2. The fourth-order valence-electron chi connectivity index (χ4n) is 2.40. The maximum Gasteiger partial charge on any atom is 0.224 e. The third-order valence-electron chi connectivity index (χ3n) is 3.67. The normalized spacial score (nSPS) is 10.5. The number of carbonyl (C=O) groups is 1. The molecule has 0 spiro atoms. The zero-order chi connectivity index (χ0) is 17.6.